The van der Waals surface area contributed by atoms with E-state index in [9.17, 15) is 18.0 Å². The number of rotatable bonds is 7. The van der Waals surface area contributed by atoms with E-state index in [0.29, 0.717) is 11.6 Å². The second-order valence-electron chi connectivity index (χ2n) is 7.46. The number of amides is 2. The Morgan fingerprint density at radius 3 is 2.44 bits per heavy atom. The SMILES string of the molecule is CCCCNC(=O)C1CN(S(=O)(=O)c2ccccc2)CCN1C(=O)c1ccc(Cl)c(Cl)c1. The molecule has 7 nitrogen and oxygen atoms in total. The van der Waals surface area contributed by atoms with E-state index in [1.807, 2.05) is 6.92 Å². The number of nitrogens with zero attached hydrogens (tertiary/aromatic N) is 2. The van der Waals surface area contributed by atoms with Gasteiger partial charge in [0.05, 0.1) is 14.9 Å². The van der Waals surface area contributed by atoms with E-state index in [1.54, 1.807) is 18.2 Å². The average molecular weight is 498 g/mol. The molecule has 0 spiro atoms. The van der Waals surface area contributed by atoms with Crippen molar-refractivity contribution in [3.05, 3.63) is 64.1 Å². The molecule has 1 fully saturated rings. The van der Waals surface area contributed by atoms with Crippen LogP contribution in [0.2, 0.25) is 10.0 Å². The number of sulfonamides is 1. The molecule has 1 N–H and O–H groups in total. The third kappa shape index (κ3) is 5.43. The van der Waals surface area contributed by atoms with Gasteiger partial charge >= 0.3 is 0 Å². The van der Waals surface area contributed by atoms with Gasteiger partial charge in [-0.25, -0.2) is 8.42 Å². The highest BCUT2D eigenvalue weighted by atomic mass is 35.5. The number of halogens is 2. The minimum Gasteiger partial charge on any atom is -0.354 e. The van der Waals surface area contributed by atoms with Crippen molar-refractivity contribution in [1.82, 2.24) is 14.5 Å². The van der Waals surface area contributed by atoms with Crippen LogP contribution in [0.3, 0.4) is 0 Å². The van der Waals surface area contributed by atoms with Gasteiger partial charge in [-0.2, -0.15) is 4.31 Å². The first-order chi connectivity index (χ1) is 15.3. The molecule has 32 heavy (non-hydrogen) atoms. The number of carbonyl (C=O) groups is 2. The Kier molecular flexibility index (Phi) is 8.16. The van der Waals surface area contributed by atoms with E-state index < -0.39 is 22.0 Å². The average Bonchev–Trinajstić information content (AvgIpc) is 2.80. The first kappa shape index (κ1) is 24.5. The van der Waals surface area contributed by atoms with Gasteiger partial charge in [0.2, 0.25) is 15.9 Å². The summed E-state index contributed by atoms with van der Waals surface area (Å²) in [6.07, 6.45) is 1.68. The summed E-state index contributed by atoms with van der Waals surface area (Å²) in [6, 6.07) is 11.6. The van der Waals surface area contributed by atoms with Gasteiger partial charge in [0, 0.05) is 31.7 Å². The van der Waals surface area contributed by atoms with Gasteiger partial charge in [-0.15, -0.1) is 0 Å². The summed E-state index contributed by atoms with van der Waals surface area (Å²) < 4.78 is 27.5. The summed E-state index contributed by atoms with van der Waals surface area (Å²) in [6.45, 7) is 2.45. The van der Waals surface area contributed by atoms with Crippen LogP contribution in [-0.2, 0) is 14.8 Å². The van der Waals surface area contributed by atoms with E-state index in [-0.39, 0.29) is 41.0 Å². The Morgan fingerprint density at radius 2 is 1.78 bits per heavy atom. The number of hydrogen-bond donors (Lipinski definition) is 1. The van der Waals surface area contributed by atoms with Crippen molar-refractivity contribution in [3.8, 4) is 0 Å². The molecule has 0 aromatic heterocycles. The monoisotopic (exact) mass is 497 g/mol. The largest absolute Gasteiger partial charge is 0.354 e. The van der Waals surface area contributed by atoms with Gasteiger partial charge < -0.3 is 10.2 Å². The summed E-state index contributed by atoms with van der Waals surface area (Å²) in [7, 11) is -3.80. The molecule has 2 aromatic carbocycles. The molecule has 1 aliphatic heterocycles. The summed E-state index contributed by atoms with van der Waals surface area (Å²) in [4.78, 5) is 27.7. The molecule has 1 heterocycles. The van der Waals surface area contributed by atoms with Gasteiger partial charge in [0.25, 0.3) is 5.91 Å². The summed E-state index contributed by atoms with van der Waals surface area (Å²) in [5.74, 6) is -0.796. The number of piperazine rings is 1. The third-order valence-electron chi connectivity index (χ3n) is 5.28. The molecule has 2 aromatic rings. The molecule has 0 radical (unpaired) electrons. The second-order valence-corrected chi connectivity index (χ2v) is 10.2. The molecule has 10 heteroatoms. The van der Waals surface area contributed by atoms with Crippen LogP contribution in [0, 0.1) is 0 Å². The second kappa shape index (κ2) is 10.7. The number of benzene rings is 2. The summed E-state index contributed by atoms with van der Waals surface area (Å²) in [5, 5.41) is 3.36. The molecular formula is C22H25Cl2N3O4S. The maximum atomic E-state index is 13.2. The molecule has 0 aliphatic carbocycles. The zero-order valence-electron chi connectivity index (χ0n) is 17.6. The van der Waals surface area contributed by atoms with E-state index in [0.717, 1.165) is 12.8 Å². The fourth-order valence-corrected chi connectivity index (χ4v) is 5.24. The molecule has 3 rings (SSSR count). The van der Waals surface area contributed by atoms with Crippen LogP contribution < -0.4 is 5.32 Å². The van der Waals surface area contributed by atoms with Gasteiger partial charge in [0.1, 0.15) is 6.04 Å². The highest BCUT2D eigenvalue weighted by Crippen LogP contribution is 2.25. The smallest absolute Gasteiger partial charge is 0.254 e. The Morgan fingerprint density at radius 1 is 1.06 bits per heavy atom. The normalized spacial score (nSPS) is 17.2. The molecular weight excluding hydrogens is 473 g/mol. The Balaban J connectivity index is 1.88. The standard InChI is InChI=1S/C22H25Cl2N3O4S/c1-2-3-11-25-21(28)20-15-26(32(30,31)17-7-5-4-6-8-17)12-13-27(20)22(29)16-9-10-18(23)19(24)14-16/h4-10,14,20H,2-3,11-13,15H2,1H3,(H,25,28). The van der Waals surface area contributed by atoms with Crippen LogP contribution in [0.25, 0.3) is 0 Å². The molecule has 2 amide bonds. The molecule has 1 saturated heterocycles. The van der Waals surface area contributed by atoms with Gasteiger partial charge in [-0.1, -0.05) is 54.7 Å². The lowest BCUT2D eigenvalue weighted by atomic mass is 10.1. The molecule has 1 atom stereocenters. The lowest BCUT2D eigenvalue weighted by molar-refractivity contribution is -0.126. The third-order valence-corrected chi connectivity index (χ3v) is 7.90. The Hall–Kier alpha value is -2.13. The van der Waals surface area contributed by atoms with Gasteiger partial charge in [0.15, 0.2) is 0 Å². The lowest BCUT2D eigenvalue weighted by Gasteiger charge is -2.40. The molecule has 0 saturated carbocycles. The maximum absolute atomic E-state index is 13.2. The van der Waals surface area contributed by atoms with E-state index >= 15 is 0 Å². The van der Waals surface area contributed by atoms with E-state index in [2.05, 4.69) is 5.32 Å². The van der Waals surface area contributed by atoms with Crippen LogP contribution >= 0.6 is 23.2 Å². The number of unbranched alkanes of at least 4 members (excludes halogenated alkanes) is 1. The summed E-state index contributed by atoms with van der Waals surface area (Å²) in [5.41, 5.74) is 0.283. The van der Waals surface area contributed by atoms with Crippen molar-refractivity contribution in [2.45, 2.75) is 30.7 Å². The van der Waals surface area contributed by atoms with Crippen LogP contribution in [0.1, 0.15) is 30.1 Å². The zero-order chi connectivity index (χ0) is 23.3. The Labute approximate surface area is 198 Å². The van der Waals surface area contributed by atoms with Crippen molar-refractivity contribution in [3.63, 3.8) is 0 Å². The Bertz CT molecular complexity index is 1080. The number of hydrogen-bond acceptors (Lipinski definition) is 4. The van der Waals surface area contributed by atoms with E-state index in [4.69, 9.17) is 23.2 Å². The molecule has 1 unspecified atom stereocenters. The summed E-state index contributed by atoms with van der Waals surface area (Å²) >= 11 is 12.0. The quantitative estimate of drug-likeness (QED) is 0.593. The predicted molar refractivity (Wildman–Crippen MR) is 124 cm³/mol. The molecule has 0 bridgehead atoms. The minimum absolute atomic E-state index is 0.0665. The van der Waals surface area contributed by atoms with Gasteiger partial charge in [-0.3, -0.25) is 9.59 Å². The first-order valence-corrected chi connectivity index (χ1v) is 12.5. The number of carbonyl (C=O) groups excluding carboxylic acids is 2. The predicted octanol–water partition coefficient (Wildman–Crippen LogP) is 3.43. The topological polar surface area (TPSA) is 86.8 Å². The van der Waals surface area contributed by atoms with Crippen molar-refractivity contribution in [2.75, 3.05) is 26.2 Å². The van der Waals surface area contributed by atoms with Crippen LogP contribution in [0.15, 0.2) is 53.4 Å². The van der Waals surface area contributed by atoms with Crippen molar-refractivity contribution < 1.29 is 18.0 Å². The maximum Gasteiger partial charge on any atom is 0.254 e. The minimum atomic E-state index is -3.80. The molecule has 172 valence electrons. The van der Waals surface area contributed by atoms with Crippen LogP contribution in [-0.4, -0.2) is 61.7 Å². The van der Waals surface area contributed by atoms with Crippen molar-refractivity contribution >= 4 is 45.0 Å². The fraction of sp³-hybridized carbons (Fsp3) is 0.364. The lowest BCUT2D eigenvalue weighted by Crippen LogP contribution is -2.61. The fourth-order valence-electron chi connectivity index (χ4n) is 3.49. The van der Waals surface area contributed by atoms with Crippen LogP contribution in [0.5, 0.6) is 0 Å². The van der Waals surface area contributed by atoms with Crippen molar-refractivity contribution in [2.24, 2.45) is 0 Å². The molecule has 1 aliphatic rings. The first-order valence-electron chi connectivity index (χ1n) is 10.3. The highest BCUT2D eigenvalue weighted by molar-refractivity contribution is 7.89. The van der Waals surface area contributed by atoms with Gasteiger partial charge in [-0.05, 0) is 36.8 Å². The van der Waals surface area contributed by atoms with E-state index in [1.165, 1.54) is 39.5 Å². The number of nitrogens with one attached hydrogen (secondary N) is 1. The zero-order valence-corrected chi connectivity index (χ0v) is 20.0. The van der Waals surface area contributed by atoms with Crippen molar-refractivity contribution in [1.29, 1.82) is 0 Å². The van der Waals surface area contributed by atoms with Crippen LogP contribution in [0.4, 0.5) is 0 Å². The highest BCUT2D eigenvalue weighted by Gasteiger charge is 2.40.